The molecule has 1 unspecified atom stereocenters. The Morgan fingerprint density at radius 3 is 2.65 bits per heavy atom. The number of ether oxygens (including phenoxy) is 2. The number of nitrogens with zero attached hydrogens (tertiary/aromatic N) is 3. The molecule has 7 nitrogen and oxygen atoms in total. The van der Waals surface area contributed by atoms with Crippen molar-refractivity contribution in [3.63, 3.8) is 0 Å². The van der Waals surface area contributed by atoms with E-state index in [0.717, 1.165) is 46.9 Å². The van der Waals surface area contributed by atoms with Gasteiger partial charge in [0, 0.05) is 38.4 Å². The van der Waals surface area contributed by atoms with E-state index in [1.165, 1.54) is 0 Å². The van der Waals surface area contributed by atoms with Crippen molar-refractivity contribution in [2.24, 2.45) is 0 Å². The maximum absolute atomic E-state index is 12.4. The predicted octanol–water partition coefficient (Wildman–Crippen LogP) is 4.91. The summed E-state index contributed by atoms with van der Waals surface area (Å²) in [5.74, 6) is 1.63. The summed E-state index contributed by atoms with van der Waals surface area (Å²) in [7, 11) is 3.47. The fourth-order valence-corrected chi connectivity index (χ4v) is 3.89. The van der Waals surface area contributed by atoms with E-state index in [0.29, 0.717) is 6.54 Å². The number of benzene rings is 1. The molecule has 1 aliphatic heterocycles. The number of carbonyl (C=O) groups is 1. The first kappa shape index (κ1) is 23.2. The summed E-state index contributed by atoms with van der Waals surface area (Å²) in [6.07, 6.45) is 0.613. The molecule has 2 heterocycles. The van der Waals surface area contributed by atoms with Crippen LogP contribution in [0.5, 0.6) is 5.75 Å². The number of amides is 1. The average molecular weight is 491 g/mol. The van der Waals surface area contributed by atoms with Gasteiger partial charge in [-0.1, -0.05) is 12.1 Å². The van der Waals surface area contributed by atoms with Crippen LogP contribution in [-0.4, -0.2) is 54.9 Å². The molecule has 1 N–H and O–H groups in total. The fraction of sp³-hybridized carbons (Fsp3) is 0.478. The van der Waals surface area contributed by atoms with Crippen LogP contribution in [-0.2, 0) is 11.3 Å². The number of hydrogen-bond acceptors (Lipinski definition) is 6. The zero-order chi connectivity index (χ0) is 22.6. The number of hydrogen-bond donors (Lipinski definition) is 1. The minimum atomic E-state index is -0.496. The third-order valence-electron chi connectivity index (χ3n) is 5.17. The second kappa shape index (κ2) is 9.77. The van der Waals surface area contributed by atoms with Gasteiger partial charge >= 0.3 is 6.09 Å². The van der Waals surface area contributed by atoms with Gasteiger partial charge in [-0.2, -0.15) is 0 Å². The third kappa shape index (κ3) is 6.50. The first-order valence-corrected chi connectivity index (χ1v) is 11.2. The van der Waals surface area contributed by atoms with E-state index < -0.39 is 5.60 Å². The molecule has 1 aliphatic rings. The van der Waals surface area contributed by atoms with Crippen LogP contribution >= 0.6 is 15.9 Å². The largest absolute Gasteiger partial charge is 0.497 e. The predicted molar refractivity (Wildman–Crippen MR) is 127 cm³/mol. The zero-order valence-electron chi connectivity index (χ0n) is 18.8. The highest BCUT2D eigenvalue weighted by molar-refractivity contribution is 9.10. The molecule has 8 heteroatoms. The molecule has 1 atom stereocenters. The van der Waals surface area contributed by atoms with E-state index in [2.05, 4.69) is 31.1 Å². The van der Waals surface area contributed by atoms with E-state index in [-0.39, 0.29) is 12.1 Å². The Bertz CT molecular complexity index is 899. The first-order valence-electron chi connectivity index (χ1n) is 10.4. The number of carbonyl (C=O) groups excluding carboxylic acids is 1. The maximum Gasteiger partial charge on any atom is 0.410 e. The Balaban J connectivity index is 1.62. The smallest absolute Gasteiger partial charge is 0.410 e. The van der Waals surface area contributed by atoms with Crippen LogP contribution in [0.15, 0.2) is 41.0 Å². The molecule has 0 spiro atoms. The quantitative estimate of drug-likeness (QED) is 0.580. The summed E-state index contributed by atoms with van der Waals surface area (Å²) >= 11 is 3.53. The highest BCUT2D eigenvalue weighted by Crippen LogP contribution is 2.28. The molecule has 31 heavy (non-hydrogen) atoms. The molecule has 1 aromatic carbocycles. The number of methoxy groups -OCH3 is 1. The van der Waals surface area contributed by atoms with Crippen molar-refractivity contribution in [2.45, 2.75) is 45.4 Å². The molecule has 1 amide bonds. The van der Waals surface area contributed by atoms with E-state index in [1.807, 2.05) is 64.2 Å². The van der Waals surface area contributed by atoms with Crippen molar-refractivity contribution in [3.05, 3.63) is 46.6 Å². The number of rotatable bonds is 6. The summed E-state index contributed by atoms with van der Waals surface area (Å²) in [5.41, 5.74) is 1.72. The highest BCUT2D eigenvalue weighted by atomic mass is 79.9. The molecule has 0 radical (unpaired) electrons. The minimum absolute atomic E-state index is 0.109. The molecule has 3 rings (SSSR count). The molecular formula is C23H31BrN4O3. The van der Waals surface area contributed by atoms with Gasteiger partial charge in [0.2, 0.25) is 0 Å². The average Bonchev–Trinajstić information content (AvgIpc) is 3.20. The van der Waals surface area contributed by atoms with Crippen LogP contribution in [0.1, 0.15) is 32.8 Å². The van der Waals surface area contributed by atoms with Gasteiger partial charge in [-0.15, -0.1) is 0 Å². The SMILES string of the molecule is COc1ccc(CNc2cc(N3CCC(N(C)C(=O)OC(C)(C)C)C3)cc(Br)n2)cc1. The topological polar surface area (TPSA) is 66.9 Å². The monoisotopic (exact) mass is 490 g/mol. The lowest BCUT2D eigenvalue weighted by molar-refractivity contribution is 0.0238. The van der Waals surface area contributed by atoms with Crippen molar-refractivity contribution < 1.29 is 14.3 Å². The van der Waals surface area contributed by atoms with Crippen molar-refractivity contribution in [1.29, 1.82) is 0 Å². The Labute approximate surface area is 192 Å². The molecule has 2 aromatic rings. The minimum Gasteiger partial charge on any atom is -0.497 e. The van der Waals surface area contributed by atoms with E-state index >= 15 is 0 Å². The molecule has 1 fully saturated rings. The summed E-state index contributed by atoms with van der Waals surface area (Å²) in [6.45, 7) is 7.94. The number of likely N-dealkylation sites (N-methyl/N-ethyl adjacent to an activating group) is 1. The molecule has 0 saturated carbocycles. The van der Waals surface area contributed by atoms with Crippen molar-refractivity contribution in [2.75, 3.05) is 37.5 Å². The van der Waals surface area contributed by atoms with Crippen molar-refractivity contribution in [3.8, 4) is 5.75 Å². The van der Waals surface area contributed by atoms with Crippen LogP contribution in [0, 0.1) is 0 Å². The van der Waals surface area contributed by atoms with E-state index in [4.69, 9.17) is 9.47 Å². The van der Waals surface area contributed by atoms with Gasteiger partial charge in [0.1, 0.15) is 21.8 Å². The van der Waals surface area contributed by atoms with Gasteiger partial charge < -0.3 is 24.6 Å². The van der Waals surface area contributed by atoms with Crippen LogP contribution in [0.2, 0.25) is 0 Å². The number of anilines is 2. The molecular weight excluding hydrogens is 460 g/mol. The van der Waals surface area contributed by atoms with Gasteiger partial charge in [0.05, 0.1) is 13.2 Å². The van der Waals surface area contributed by atoms with Crippen LogP contribution in [0.3, 0.4) is 0 Å². The normalized spacial score (nSPS) is 16.2. The molecule has 0 bridgehead atoms. The summed E-state index contributed by atoms with van der Waals surface area (Å²) in [5, 5.41) is 3.39. The number of halogens is 1. The van der Waals surface area contributed by atoms with E-state index in [9.17, 15) is 4.79 Å². The molecule has 168 valence electrons. The van der Waals surface area contributed by atoms with Crippen LogP contribution < -0.4 is 15.0 Å². The van der Waals surface area contributed by atoms with Gasteiger partial charge in [-0.25, -0.2) is 9.78 Å². The lowest BCUT2D eigenvalue weighted by Gasteiger charge is -2.29. The first-order chi connectivity index (χ1) is 14.6. The number of nitrogens with one attached hydrogen (secondary N) is 1. The number of pyridine rings is 1. The Hall–Kier alpha value is -2.48. The van der Waals surface area contributed by atoms with Gasteiger partial charge in [0.15, 0.2) is 0 Å². The molecule has 0 aliphatic carbocycles. The molecule has 1 aromatic heterocycles. The second-order valence-electron chi connectivity index (χ2n) is 8.71. The standard InChI is InChI=1S/C23H31BrN4O3/c1-23(2,3)31-22(29)27(4)17-10-11-28(15-17)18-12-20(24)26-21(13-18)25-14-16-6-8-19(30-5)9-7-16/h6-9,12-13,17H,10-11,14-15H2,1-5H3,(H,25,26). The fourth-order valence-electron chi connectivity index (χ4n) is 3.47. The van der Waals surface area contributed by atoms with Crippen molar-refractivity contribution in [1.82, 2.24) is 9.88 Å². The number of aromatic nitrogens is 1. The maximum atomic E-state index is 12.4. The molecule has 1 saturated heterocycles. The Kier molecular flexibility index (Phi) is 7.30. The van der Waals surface area contributed by atoms with E-state index in [1.54, 1.807) is 12.0 Å². The highest BCUT2D eigenvalue weighted by Gasteiger charge is 2.31. The van der Waals surface area contributed by atoms with Gasteiger partial charge in [-0.3, -0.25) is 0 Å². The third-order valence-corrected chi connectivity index (χ3v) is 5.58. The lowest BCUT2D eigenvalue weighted by Crippen LogP contribution is -2.42. The Morgan fingerprint density at radius 2 is 2.00 bits per heavy atom. The van der Waals surface area contributed by atoms with Gasteiger partial charge in [0.25, 0.3) is 0 Å². The van der Waals surface area contributed by atoms with Crippen LogP contribution in [0.4, 0.5) is 16.3 Å². The lowest BCUT2D eigenvalue weighted by atomic mass is 10.2. The summed E-state index contributed by atoms with van der Waals surface area (Å²) < 4.78 is 11.5. The summed E-state index contributed by atoms with van der Waals surface area (Å²) in [4.78, 5) is 20.9. The second-order valence-corrected chi connectivity index (χ2v) is 9.53. The van der Waals surface area contributed by atoms with Crippen molar-refractivity contribution >= 4 is 33.5 Å². The van der Waals surface area contributed by atoms with Crippen LogP contribution in [0.25, 0.3) is 0 Å². The zero-order valence-corrected chi connectivity index (χ0v) is 20.4. The Morgan fingerprint density at radius 1 is 1.29 bits per heavy atom. The summed E-state index contributed by atoms with van der Waals surface area (Å²) in [6, 6.07) is 12.1. The van der Waals surface area contributed by atoms with Gasteiger partial charge in [-0.05, 0) is 66.9 Å².